The van der Waals surface area contributed by atoms with Gasteiger partial charge >= 0.3 is 11.7 Å². The van der Waals surface area contributed by atoms with Gasteiger partial charge in [0.05, 0.1) is 12.2 Å². The zero-order valence-electron chi connectivity index (χ0n) is 9.70. The van der Waals surface area contributed by atoms with Crippen LogP contribution in [-0.2, 0) is 6.54 Å². The van der Waals surface area contributed by atoms with Crippen LogP contribution in [0.2, 0.25) is 0 Å². The first-order valence-electron chi connectivity index (χ1n) is 5.28. The van der Waals surface area contributed by atoms with Gasteiger partial charge in [-0.1, -0.05) is 6.07 Å². The third-order valence-corrected chi connectivity index (χ3v) is 2.34. The molecule has 6 heteroatoms. The smallest absolute Gasteiger partial charge is 0.354 e. The molecule has 0 radical (unpaired) electrons. The molecule has 0 amide bonds. The van der Waals surface area contributed by atoms with Crippen molar-refractivity contribution >= 4 is 5.97 Å². The molecule has 0 aliphatic rings. The van der Waals surface area contributed by atoms with Gasteiger partial charge in [-0.25, -0.2) is 19.6 Å². The Labute approximate surface area is 103 Å². The number of carboxylic acids is 1. The minimum absolute atomic E-state index is 0.0406. The van der Waals surface area contributed by atoms with Gasteiger partial charge in [0, 0.05) is 12.4 Å². The first-order valence-corrected chi connectivity index (χ1v) is 5.28. The van der Waals surface area contributed by atoms with Gasteiger partial charge in [-0.05, 0) is 24.6 Å². The number of aromatic carboxylic acids is 1. The summed E-state index contributed by atoms with van der Waals surface area (Å²) in [5, 5.41) is 8.83. The molecule has 0 aromatic carbocycles. The van der Waals surface area contributed by atoms with Crippen LogP contribution < -0.4 is 5.69 Å². The number of hydrogen-bond donors (Lipinski definition) is 1. The lowest BCUT2D eigenvalue weighted by atomic mass is 10.3. The molecule has 0 spiro atoms. The van der Waals surface area contributed by atoms with Crippen molar-refractivity contribution in [2.75, 3.05) is 0 Å². The van der Waals surface area contributed by atoms with Crippen LogP contribution in [-0.4, -0.2) is 25.6 Å². The number of aryl methyl sites for hydroxylation is 1. The molecule has 0 bridgehead atoms. The lowest BCUT2D eigenvalue weighted by Gasteiger charge is -2.05. The molecule has 0 saturated heterocycles. The van der Waals surface area contributed by atoms with Gasteiger partial charge in [-0.15, -0.1) is 0 Å². The second-order valence-electron chi connectivity index (χ2n) is 3.86. The van der Waals surface area contributed by atoms with E-state index in [0.717, 1.165) is 5.56 Å². The Morgan fingerprint density at radius 1 is 1.44 bits per heavy atom. The van der Waals surface area contributed by atoms with Crippen LogP contribution in [0.15, 0.2) is 35.4 Å². The second kappa shape index (κ2) is 4.79. The first kappa shape index (κ1) is 12.0. The van der Waals surface area contributed by atoms with Crippen molar-refractivity contribution in [2.24, 2.45) is 0 Å². The Bertz CT molecular complexity index is 649. The lowest BCUT2D eigenvalue weighted by molar-refractivity contribution is 0.0690. The first-order chi connectivity index (χ1) is 8.56. The van der Waals surface area contributed by atoms with E-state index in [0.29, 0.717) is 5.69 Å². The van der Waals surface area contributed by atoms with Gasteiger partial charge in [0.1, 0.15) is 5.69 Å². The number of aromatic nitrogens is 3. The molecule has 0 unspecified atom stereocenters. The van der Waals surface area contributed by atoms with Gasteiger partial charge in [0.15, 0.2) is 0 Å². The third kappa shape index (κ3) is 2.60. The number of carbonyl (C=O) groups is 1. The van der Waals surface area contributed by atoms with E-state index >= 15 is 0 Å². The van der Waals surface area contributed by atoms with Crippen molar-refractivity contribution in [1.29, 1.82) is 0 Å². The molecule has 0 aliphatic heterocycles. The highest BCUT2D eigenvalue weighted by molar-refractivity contribution is 5.85. The maximum absolute atomic E-state index is 11.5. The molecule has 2 aromatic heterocycles. The Hall–Kier alpha value is -2.50. The highest BCUT2D eigenvalue weighted by Gasteiger charge is 2.06. The van der Waals surface area contributed by atoms with Crippen LogP contribution in [0.4, 0.5) is 0 Å². The number of rotatable bonds is 3. The van der Waals surface area contributed by atoms with Crippen LogP contribution in [0, 0.1) is 6.92 Å². The highest BCUT2D eigenvalue weighted by atomic mass is 16.4. The molecular weight excluding hydrogens is 234 g/mol. The second-order valence-corrected chi connectivity index (χ2v) is 3.86. The van der Waals surface area contributed by atoms with Crippen molar-refractivity contribution in [2.45, 2.75) is 13.5 Å². The molecule has 0 saturated carbocycles. The summed E-state index contributed by atoms with van der Waals surface area (Å²) in [6.45, 7) is 2.03. The number of pyridine rings is 1. The summed E-state index contributed by atoms with van der Waals surface area (Å²) in [5.41, 5.74) is 0.928. The third-order valence-electron chi connectivity index (χ3n) is 2.34. The minimum atomic E-state index is -1.09. The summed E-state index contributed by atoms with van der Waals surface area (Å²) in [4.78, 5) is 29.9. The molecule has 1 N–H and O–H groups in total. The average molecular weight is 245 g/mol. The standard InChI is InChI=1S/C12H11N3O3/c1-8-5-13-12(18)15(6-8)7-9-3-2-4-10(14-9)11(16)17/h2-6H,7H2,1H3,(H,16,17). The van der Waals surface area contributed by atoms with E-state index < -0.39 is 5.97 Å². The van der Waals surface area contributed by atoms with Crippen molar-refractivity contribution in [1.82, 2.24) is 14.5 Å². The van der Waals surface area contributed by atoms with Gasteiger partial charge in [-0.3, -0.25) is 4.57 Å². The fraction of sp³-hybridized carbons (Fsp3) is 0.167. The van der Waals surface area contributed by atoms with E-state index in [1.54, 1.807) is 18.3 Å². The summed E-state index contributed by atoms with van der Waals surface area (Å²) in [7, 11) is 0. The Morgan fingerprint density at radius 2 is 2.22 bits per heavy atom. The fourth-order valence-corrected chi connectivity index (χ4v) is 1.54. The van der Waals surface area contributed by atoms with Gasteiger partial charge in [-0.2, -0.15) is 0 Å². The Kier molecular flexibility index (Phi) is 3.18. The van der Waals surface area contributed by atoms with Crippen molar-refractivity contribution in [3.8, 4) is 0 Å². The molecule has 0 aliphatic carbocycles. The summed E-state index contributed by atoms with van der Waals surface area (Å²) in [5.74, 6) is -1.09. The molecule has 92 valence electrons. The van der Waals surface area contributed by atoms with Crippen molar-refractivity contribution in [3.05, 3.63) is 58.0 Å². The molecule has 0 atom stereocenters. The normalized spacial score (nSPS) is 10.3. The zero-order chi connectivity index (χ0) is 13.1. The molecule has 0 fully saturated rings. The number of hydrogen-bond acceptors (Lipinski definition) is 4. The molecule has 2 aromatic rings. The maximum atomic E-state index is 11.5. The average Bonchev–Trinajstić information content (AvgIpc) is 2.34. The summed E-state index contributed by atoms with van der Waals surface area (Å²) in [6.07, 6.45) is 3.14. The topological polar surface area (TPSA) is 85.1 Å². The van der Waals surface area contributed by atoms with Gasteiger partial charge in [0.2, 0.25) is 0 Å². The predicted molar refractivity (Wildman–Crippen MR) is 63.5 cm³/mol. The van der Waals surface area contributed by atoms with E-state index in [2.05, 4.69) is 9.97 Å². The quantitative estimate of drug-likeness (QED) is 0.860. The Morgan fingerprint density at radius 3 is 2.94 bits per heavy atom. The summed E-state index contributed by atoms with van der Waals surface area (Å²) in [6, 6.07) is 4.67. The fourth-order valence-electron chi connectivity index (χ4n) is 1.54. The minimum Gasteiger partial charge on any atom is -0.477 e. The summed E-state index contributed by atoms with van der Waals surface area (Å²) >= 11 is 0. The van der Waals surface area contributed by atoms with E-state index in [4.69, 9.17) is 5.11 Å². The van der Waals surface area contributed by atoms with Crippen LogP contribution in [0.25, 0.3) is 0 Å². The lowest BCUT2D eigenvalue weighted by Crippen LogP contribution is -2.23. The SMILES string of the molecule is Cc1cnc(=O)n(Cc2cccc(C(=O)O)n2)c1. The zero-order valence-corrected chi connectivity index (χ0v) is 9.70. The Balaban J connectivity index is 2.34. The van der Waals surface area contributed by atoms with E-state index in [9.17, 15) is 9.59 Å². The summed E-state index contributed by atoms with van der Waals surface area (Å²) < 4.78 is 1.39. The molecule has 6 nitrogen and oxygen atoms in total. The van der Waals surface area contributed by atoms with E-state index in [1.807, 2.05) is 6.92 Å². The van der Waals surface area contributed by atoms with Gasteiger partial charge in [0.25, 0.3) is 0 Å². The monoisotopic (exact) mass is 245 g/mol. The van der Waals surface area contributed by atoms with Crippen molar-refractivity contribution < 1.29 is 9.90 Å². The van der Waals surface area contributed by atoms with Gasteiger partial charge < -0.3 is 5.11 Å². The van der Waals surface area contributed by atoms with Crippen LogP contribution >= 0.6 is 0 Å². The van der Waals surface area contributed by atoms with Crippen LogP contribution in [0.1, 0.15) is 21.7 Å². The molecule has 2 heterocycles. The van der Waals surface area contributed by atoms with E-state index in [-0.39, 0.29) is 17.9 Å². The highest BCUT2D eigenvalue weighted by Crippen LogP contribution is 2.01. The number of nitrogens with zero attached hydrogens (tertiary/aromatic N) is 3. The van der Waals surface area contributed by atoms with Crippen molar-refractivity contribution in [3.63, 3.8) is 0 Å². The van der Waals surface area contributed by atoms with E-state index in [1.165, 1.54) is 16.8 Å². The molecular formula is C12H11N3O3. The number of carboxylic acid groups (broad SMARTS) is 1. The predicted octanol–water partition coefficient (Wildman–Crippen LogP) is 0.693. The largest absolute Gasteiger partial charge is 0.477 e. The molecule has 2 rings (SSSR count). The van der Waals surface area contributed by atoms with Crippen LogP contribution in [0.5, 0.6) is 0 Å². The van der Waals surface area contributed by atoms with Crippen LogP contribution in [0.3, 0.4) is 0 Å². The molecule has 18 heavy (non-hydrogen) atoms. The maximum Gasteiger partial charge on any atom is 0.354 e.